The van der Waals surface area contributed by atoms with Gasteiger partial charge in [0.15, 0.2) is 0 Å². The summed E-state index contributed by atoms with van der Waals surface area (Å²) in [6.45, 7) is 6.40. The normalized spacial score (nSPS) is 11.7. The van der Waals surface area contributed by atoms with E-state index in [1.165, 1.54) is 11.8 Å². The van der Waals surface area contributed by atoms with Gasteiger partial charge in [-0.15, -0.1) is 11.8 Å². The molecule has 1 unspecified atom stereocenters. The number of amides is 3. The van der Waals surface area contributed by atoms with Crippen LogP contribution in [0.25, 0.3) is 6.08 Å². The molecule has 220 valence electrons. The van der Waals surface area contributed by atoms with Crippen LogP contribution >= 0.6 is 11.8 Å². The molecule has 7 nitrogen and oxygen atoms in total. The molecule has 43 heavy (non-hydrogen) atoms. The minimum Gasteiger partial charge on any atom is -0.494 e. The molecule has 3 N–H and O–H groups in total. The molecule has 4 rings (SSSR count). The van der Waals surface area contributed by atoms with E-state index >= 15 is 0 Å². The first-order valence-corrected chi connectivity index (χ1v) is 15.0. The van der Waals surface area contributed by atoms with E-state index in [1.54, 1.807) is 36.4 Å². The zero-order valence-electron chi connectivity index (χ0n) is 24.4. The van der Waals surface area contributed by atoms with E-state index in [1.807, 2.05) is 93.6 Å². The minimum absolute atomic E-state index is 0.113. The molecular weight excluding hydrogens is 558 g/mol. The summed E-state index contributed by atoms with van der Waals surface area (Å²) in [7, 11) is 0. The van der Waals surface area contributed by atoms with Crippen molar-refractivity contribution in [2.24, 2.45) is 0 Å². The van der Waals surface area contributed by atoms with Gasteiger partial charge in [-0.25, -0.2) is 0 Å². The molecule has 4 aromatic rings. The fourth-order valence-electron chi connectivity index (χ4n) is 4.20. The smallest absolute Gasteiger partial charge is 0.272 e. The van der Waals surface area contributed by atoms with Gasteiger partial charge in [-0.2, -0.15) is 0 Å². The first-order valence-electron chi connectivity index (χ1n) is 14.1. The summed E-state index contributed by atoms with van der Waals surface area (Å²) in [5.74, 6) is -0.213. The van der Waals surface area contributed by atoms with E-state index in [2.05, 4.69) is 16.0 Å². The van der Waals surface area contributed by atoms with E-state index < -0.39 is 5.91 Å². The first-order chi connectivity index (χ1) is 20.9. The van der Waals surface area contributed by atoms with Gasteiger partial charge < -0.3 is 20.7 Å². The number of aryl methyl sites for hydroxylation is 1. The Morgan fingerprint density at radius 1 is 0.814 bits per heavy atom. The Hall–Kier alpha value is -4.82. The zero-order chi connectivity index (χ0) is 30.6. The van der Waals surface area contributed by atoms with E-state index in [0.29, 0.717) is 30.0 Å². The number of benzene rings is 4. The van der Waals surface area contributed by atoms with Crippen LogP contribution in [0.3, 0.4) is 0 Å². The van der Waals surface area contributed by atoms with Crippen molar-refractivity contribution >= 4 is 46.9 Å². The van der Waals surface area contributed by atoms with Crippen LogP contribution in [0, 0.1) is 6.92 Å². The highest BCUT2D eigenvalue weighted by atomic mass is 32.2. The standard InChI is InChI=1S/C35H35N3O4S/c1-4-32(35(41)36-27-18-20-29(21-19-27)42-5-2)43-30-17-11-16-28(23-30)37-34(40)31(22-26-15-10-9-12-24(26)3)38-33(39)25-13-7-6-8-14-25/h6-23,32H,4-5H2,1-3H3,(H,36,41)(H,37,40)(H,38,39)/b31-22-. The number of nitrogens with one attached hydrogen (secondary N) is 3. The van der Waals surface area contributed by atoms with E-state index in [-0.39, 0.29) is 22.8 Å². The molecule has 0 bridgehead atoms. The van der Waals surface area contributed by atoms with E-state index in [9.17, 15) is 14.4 Å². The highest BCUT2D eigenvalue weighted by molar-refractivity contribution is 8.00. The predicted molar refractivity (Wildman–Crippen MR) is 174 cm³/mol. The van der Waals surface area contributed by atoms with Gasteiger partial charge in [0, 0.05) is 21.8 Å². The maximum absolute atomic E-state index is 13.5. The van der Waals surface area contributed by atoms with Crippen LogP contribution in [0.4, 0.5) is 11.4 Å². The van der Waals surface area contributed by atoms with Crippen LogP contribution in [0.2, 0.25) is 0 Å². The third-order valence-corrected chi connectivity index (χ3v) is 7.84. The fourth-order valence-corrected chi connectivity index (χ4v) is 5.22. The molecule has 1 atom stereocenters. The number of carbonyl (C=O) groups is 3. The third-order valence-electron chi connectivity index (χ3n) is 6.48. The minimum atomic E-state index is -0.463. The molecule has 0 aromatic heterocycles. The predicted octanol–water partition coefficient (Wildman–Crippen LogP) is 7.31. The zero-order valence-corrected chi connectivity index (χ0v) is 25.2. The maximum atomic E-state index is 13.5. The van der Waals surface area contributed by atoms with Crippen molar-refractivity contribution in [3.05, 3.63) is 126 Å². The Kier molecular flexibility index (Phi) is 11.2. The summed E-state index contributed by atoms with van der Waals surface area (Å²) in [6, 6.07) is 31.0. The van der Waals surface area contributed by atoms with Crippen molar-refractivity contribution in [3.63, 3.8) is 0 Å². The van der Waals surface area contributed by atoms with Gasteiger partial charge in [-0.1, -0.05) is 55.5 Å². The van der Waals surface area contributed by atoms with Crippen LogP contribution in [-0.2, 0) is 9.59 Å². The molecule has 0 aliphatic heterocycles. The van der Waals surface area contributed by atoms with Crippen molar-refractivity contribution in [2.75, 3.05) is 17.2 Å². The quantitative estimate of drug-likeness (QED) is 0.118. The summed E-state index contributed by atoms with van der Waals surface area (Å²) >= 11 is 1.42. The largest absolute Gasteiger partial charge is 0.494 e. The molecule has 4 aromatic carbocycles. The van der Waals surface area contributed by atoms with Crippen LogP contribution in [-0.4, -0.2) is 29.6 Å². The molecule has 0 radical (unpaired) electrons. The second-order valence-corrected chi connectivity index (χ2v) is 11.0. The molecular formula is C35H35N3O4S. The lowest BCUT2D eigenvalue weighted by atomic mass is 10.1. The molecule has 0 aliphatic carbocycles. The fraction of sp³-hybridized carbons (Fsp3) is 0.171. The Bertz CT molecular complexity index is 1590. The van der Waals surface area contributed by atoms with Crippen LogP contribution in [0.5, 0.6) is 5.75 Å². The molecule has 0 aliphatic rings. The molecule has 0 saturated heterocycles. The average Bonchev–Trinajstić information content (AvgIpc) is 3.02. The topological polar surface area (TPSA) is 96.5 Å². The van der Waals surface area contributed by atoms with Gasteiger partial charge in [0.2, 0.25) is 5.91 Å². The van der Waals surface area contributed by atoms with Crippen molar-refractivity contribution < 1.29 is 19.1 Å². The van der Waals surface area contributed by atoms with Gasteiger partial charge in [0.05, 0.1) is 11.9 Å². The van der Waals surface area contributed by atoms with E-state index in [0.717, 1.165) is 21.8 Å². The van der Waals surface area contributed by atoms with Crippen LogP contribution < -0.4 is 20.7 Å². The Morgan fingerprint density at radius 3 is 2.23 bits per heavy atom. The molecule has 0 saturated carbocycles. The second-order valence-electron chi connectivity index (χ2n) is 9.68. The second kappa shape index (κ2) is 15.4. The Balaban J connectivity index is 1.47. The molecule has 0 fully saturated rings. The summed E-state index contributed by atoms with van der Waals surface area (Å²) in [4.78, 5) is 40.3. The molecule has 0 heterocycles. The molecule has 0 spiro atoms. The van der Waals surface area contributed by atoms with Gasteiger partial charge in [0.1, 0.15) is 11.4 Å². The Labute approximate surface area is 256 Å². The van der Waals surface area contributed by atoms with Gasteiger partial charge in [-0.05, 0) is 92.1 Å². The van der Waals surface area contributed by atoms with Crippen molar-refractivity contribution in [2.45, 2.75) is 37.3 Å². The number of hydrogen-bond acceptors (Lipinski definition) is 5. The van der Waals surface area contributed by atoms with Crippen molar-refractivity contribution in [1.29, 1.82) is 0 Å². The van der Waals surface area contributed by atoms with Crippen molar-refractivity contribution in [3.8, 4) is 5.75 Å². The van der Waals surface area contributed by atoms with Crippen LogP contribution in [0.15, 0.2) is 114 Å². The monoisotopic (exact) mass is 593 g/mol. The number of thioether (sulfide) groups is 1. The highest BCUT2D eigenvalue weighted by Gasteiger charge is 2.19. The summed E-state index contributed by atoms with van der Waals surface area (Å²) in [5.41, 5.74) is 3.57. The third kappa shape index (κ3) is 9.08. The average molecular weight is 594 g/mol. The number of rotatable bonds is 12. The lowest BCUT2D eigenvalue weighted by Gasteiger charge is -2.16. The van der Waals surface area contributed by atoms with Crippen LogP contribution in [0.1, 0.15) is 41.8 Å². The number of anilines is 2. The van der Waals surface area contributed by atoms with Crippen molar-refractivity contribution in [1.82, 2.24) is 5.32 Å². The maximum Gasteiger partial charge on any atom is 0.272 e. The first kappa shape index (κ1) is 31.1. The number of ether oxygens (including phenoxy) is 1. The SMILES string of the molecule is CCOc1ccc(NC(=O)C(CC)Sc2cccc(NC(=O)/C(=C/c3ccccc3C)NC(=O)c3ccccc3)c2)cc1. The number of carbonyl (C=O) groups excluding carboxylic acids is 3. The van der Waals surface area contributed by atoms with Gasteiger partial charge in [-0.3, -0.25) is 14.4 Å². The summed E-state index contributed by atoms with van der Waals surface area (Å²) in [6.07, 6.45) is 2.28. The summed E-state index contributed by atoms with van der Waals surface area (Å²) in [5, 5.41) is 8.31. The highest BCUT2D eigenvalue weighted by Crippen LogP contribution is 2.29. The Morgan fingerprint density at radius 2 is 1.53 bits per heavy atom. The lowest BCUT2D eigenvalue weighted by Crippen LogP contribution is -2.30. The van der Waals surface area contributed by atoms with Gasteiger partial charge >= 0.3 is 0 Å². The lowest BCUT2D eigenvalue weighted by molar-refractivity contribution is -0.116. The summed E-state index contributed by atoms with van der Waals surface area (Å²) < 4.78 is 5.47. The van der Waals surface area contributed by atoms with Gasteiger partial charge in [0.25, 0.3) is 11.8 Å². The van der Waals surface area contributed by atoms with E-state index in [4.69, 9.17) is 4.74 Å². The molecule has 3 amide bonds. The molecule has 8 heteroatoms. The number of hydrogen-bond donors (Lipinski definition) is 3.